The van der Waals surface area contributed by atoms with Gasteiger partial charge in [-0.2, -0.15) is 0 Å². The molecule has 0 bridgehead atoms. The van der Waals surface area contributed by atoms with Crippen molar-refractivity contribution >= 4 is 17.5 Å². The molecule has 0 saturated carbocycles. The highest BCUT2D eigenvalue weighted by atomic mass is 35.5. The van der Waals surface area contributed by atoms with Gasteiger partial charge < -0.3 is 10.1 Å². The molecule has 0 saturated heterocycles. The van der Waals surface area contributed by atoms with Crippen LogP contribution in [0.1, 0.15) is 15.9 Å². The van der Waals surface area contributed by atoms with Crippen LogP contribution in [0.15, 0.2) is 18.2 Å². The summed E-state index contributed by atoms with van der Waals surface area (Å²) in [6.45, 7) is 0.449. The van der Waals surface area contributed by atoms with Crippen LogP contribution in [0.3, 0.4) is 0 Å². The topological polar surface area (TPSA) is 38.3 Å². The maximum Gasteiger partial charge on any atom is 0.251 e. The third-order valence-electron chi connectivity index (χ3n) is 1.76. The average Bonchev–Trinajstić information content (AvgIpc) is 2.16. The molecule has 0 aliphatic rings. The van der Waals surface area contributed by atoms with E-state index in [0.717, 1.165) is 5.56 Å². The lowest BCUT2D eigenvalue weighted by atomic mass is 10.1. The van der Waals surface area contributed by atoms with Gasteiger partial charge in [0, 0.05) is 24.7 Å². The standard InChI is InChI=1S/C10H12ClNO2/c1-12-10(13)8-3-7(6-14-2)4-9(11)5-8/h3-5H,6H2,1-2H3,(H,12,13). The molecule has 0 radical (unpaired) electrons. The molecule has 1 amide bonds. The molecule has 0 aromatic heterocycles. The first kappa shape index (κ1) is 11.0. The van der Waals surface area contributed by atoms with Crippen molar-refractivity contribution in [1.82, 2.24) is 5.32 Å². The number of nitrogens with one attached hydrogen (secondary N) is 1. The predicted octanol–water partition coefficient (Wildman–Crippen LogP) is 1.85. The second kappa shape index (κ2) is 4.98. The van der Waals surface area contributed by atoms with E-state index >= 15 is 0 Å². The SMILES string of the molecule is CNC(=O)c1cc(Cl)cc(COC)c1. The molecular weight excluding hydrogens is 202 g/mol. The van der Waals surface area contributed by atoms with Crippen LogP contribution in [-0.4, -0.2) is 20.1 Å². The van der Waals surface area contributed by atoms with Crippen molar-refractivity contribution in [2.75, 3.05) is 14.2 Å². The van der Waals surface area contributed by atoms with Crippen LogP contribution in [-0.2, 0) is 11.3 Å². The minimum atomic E-state index is -0.148. The number of ether oxygens (including phenoxy) is 1. The summed E-state index contributed by atoms with van der Waals surface area (Å²) in [6.07, 6.45) is 0. The van der Waals surface area contributed by atoms with Crippen LogP contribution in [0.2, 0.25) is 5.02 Å². The van der Waals surface area contributed by atoms with E-state index in [1.54, 1.807) is 32.4 Å². The first-order chi connectivity index (χ1) is 6.67. The van der Waals surface area contributed by atoms with Gasteiger partial charge in [-0.1, -0.05) is 11.6 Å². The van der Waals surface area contributed by atoms with Crippen LogP contribution in [0, 0.1) is 0 Å². The minimum absolute atomic E-state index is 0.148. The second-order valence-electron chi connectivity index (χ2n) is 2.86. The van der Waals surface area contributed by atoms with Crippen molar-refractivity contribution in [2.45, 2.75) is 6.61 Å². The molecule has 0 fully saturated rings. The van der Waals surface area contributed by atoms with E-state index in [1.807, 2.05) is 0 Å². The van der Waals surface area contributed by atoms with Crippen molar-refractivity contribution in [3.63, 3.8) is 0 Å². The monoisotopic (exact) mass is 213 g/mol. The predicted molar refractivity (Wildman–Crippen MR) is 55.6 cm³/mol. The lowest BCUT2D eigenvalue weighted by Gasteiger charge is -2.04. The molecule has 0 unspecified atom stereocenters. The Hall–Kier alpha value is -1.06. The third kappa shape index (κ3) is 2.72. The Morgan fingerprint density at radius 3 is 2.79 bits per heavy atom. The molecule has 0 heterocycles. The van der Waals surface area contributed by atoms with Gasteiger partial charge in [-0.3, -0.25) is 4.79 Å². The van der Waals surface area contributed by atoms with Crippen molar-refractivity contribution in [2.24, 2.45) is 0 Å². The van der Waals surface area contributed by atoms with E-state index < -0.39 is 0 Å². The van der Waals surface area contributed by atoms with E-state index in [-0.39, 0.29) is 5.91 Å². The fraction of sp³-hybridized carbons (Fsp3) is 0.300. The Kier molecular flexibility index (Phi) is 3.92. The molecule has 1 aromatic carbocycles. The normalized spacial score (nSPS) is 9.93. The molecule has 0 aliphatic carbocycles. The van der Waals surface area contributed by atoms with Crippen LogP contribution >= 0.6 is 11.6 Å². The van der Waals surface area contributed by atoms with E-state index in [0.29, 0.717) is 17.2 Å². The van der Waals surface area contributed by atoms with E-state index in [2.05, 4.69) is 5.32 Å². The lowest BCUT2D eigenvalue weighted by molar-refractivity contribution is 0.0962. The second-order valence-corrected chi connectivity index (χ2v) is 3.30. The average molecular weight is 214 g/mol. The molecule has 0 atom stereocenters. The van der Waals surface area contributed by atoms with Crippen molar-refractivity contribution < 1.29 is 9.53 Å². The Morgan fingerprint density at radius 2 is 2.21 bits per heavy atom. The molecule has 3 nitrogen and oxygen atoms in total. The van der Waals surface area contributed by atoms with Gasteiger partial charge in [0.2, 0.25) is 0 Å². The van der Waals surface area contributed by atoms with Crippen molar-refractivity contribution in [1.29, 1.82) is 0 Å². The Labute approximate surface area is 88.0 Å². The maximum atomic E-state index is 11.3. The van der Waals surface area contributed by atoms with Gasteiger partial charge >= 0.3 is 0 Å². The lowest BCUT2D eigenvalue weighted by Crippen LogP contribution is -2.17. The number of rotatable bonds is 3. The summed E-state index contributed by atoms with van der Waals surface area (Å²) in [5.74, 6) is -0.148. The molecule has 0 aliphatic heterocycles. The fourth-order valence-electron chi connectivity index (χ4n) is 1.18. The fourth-order valence-corrected chi connectivity index (χ4v) is 1.43. The van der Waals surface area contributed by atoms with E-state index in [4.69, 9.17) is 16.3 Å². The zero-order valence-corrected chi connectivity index (χ0v) is 8.89. The number of hydrogen-bond acceptors (Lipinski definition) is 2. The van der Waals surface area contributed by atoms with Gasteiger partial charge in [-0.05, 0) is 23.8 Å². The Balaban J connectivity index is 3.00. The maximum absolute atomic E-state index is 11.3. The summed E-state index contributed by atoms with van der Waals surface area (Å²) >= 11 is 5.85. The number of hydrogen-bond donors (Lipinski definition) is 1. The Bertz CT molecular complexity index is 339. The van der Waals surface area contributed by atoms with E-state index in [1.165, 1.54) is 0 Å². The Morgan fingerprint density at radius 1 is 1.50 bits per heavy atom. The number of benzene rings is 1. The molecule has 1 rings (SSSR count). The summed E-state index contributed by atoms with van der Waals surface area (Å²) in [7, 11) is 3.18. The molecule has 1 N–H and O–H groups in total. The highest BCUT2D eigenvalue weighted by Gasteiger charge is 2.05. The van der Waals surface area contributed by atoms with Crippen LogP contribution in [0.4, 0.5) is 0 Å². The summed E-state index contributed by atoms with van der Waals surface area (Å²) in [5, 5.41) is 3.08. The van der Waals surface area contributed by atoms with Crippen molar-refractivity contribution in [3.8, 4) is 0 Å². The first-order valence-electron chi connectivity index (χ1n) is 4.18. The summed E-state index contributed by atoms with van der Waals surface area (Å²) < 4.78 is 4.96. The smallest absolute Gasteiger partial charge is 0.251 e. The largest absolute Gasteiger partial charge is 0.380 e. The van der Waals surface area contributed by atoms with Gasteiger partial charge in [0.15, 0.2) is 0 Å². The highest BCUT2D eigenvalue weighted by molar-refractivity contribution is 6.31. The van der Waals surface area contributed by atoms with Gasteiger partial charge in [0.1, 0.15) is 0 Å². The minimum Gasteiger partial charge on any atom is -0.380 e. The molecule has 4 heteroatoms. The zero-order chi connectivity index (χ0) is 10.6. The zero-order valence-electron chi connectivity index (χ0n) is 8.13. The third-order valence-corrected chi connectivity index (χ3v) is 1.98. The molecular formula is C10H12ClNO2. The van der Waals surface area contributed by atoms with Gasteiger partial charge in [0.05, 0.1) is 6.61 Å². The number of amides is 1. The summed E-state index contributed by atoms with van der Waals surface area (Å²) in [4.78, 5) is 11.3. The summed E-state index contributed by atoms with van der Waals surface area (Å²) in [5.41, 5.74) is 1.44. The number of carbonyl (C=O) groups is 1. The van der Waals surface area contributed by atoms with Gasteiger partial charge in [-0.15, -0.1) is 0 Å². The number of carbonyl (C=O) groups excluding carboxylic acids is 1. The highest BCUT2D eigenvalue weighted by Crippen LogP contribution is 2.15. The van der Waals surface area contributed by atoms with Gasteiger partial charge in [-0.25, -0.2) is 0 Å². The first-order valence-corrected chi connectivity index (χ1v) is 4.55. The van der Waals surface area contributed by atoms with Crippen LogP contribution < -0.4 is 5.32 Å². The van der Waals surface area contributed by atoms with E-state index in [9.17, 15) is 4.79 Å². The number of halogens is 1. The summed E-state index contributed by atoms with van der Waals surface area (Å²) in [6, 6.07) is 5.16. The van der Waals surface area contributed by atoms with Crippen LogP contribution in [0.25, 0.3) is 0 Å². The molecule has 14 heavy (non-hydrogen) atoms. The van der Waals surface area contributed by atoms with Gasteiger partial charge in [0.25, 0.3) is 5.91 Å². The quantitative estimate of drug-likeness (QED) is 0.832. The molecule has 76 valence electrons. The molecule has 1 aromatic rings. The van der Waals surface area contributed by atoms with Crippen LogP contribution in [0.5, 0.6) is 0 Å². The number of methoxy groups -OCH3 is 1. The van der Waals surface area contributed by atoms with Crippen molar-refractivity contribution in [3.05, 3.63) is 34.3 Å². The molecule has 0 spiro atoms.